The largest absolute Gasteiger partial charge is 0.438 e. The van der Waals surface area contributed by atoms with E-state index in [0.29, 0.717) is 24.9 Å². The zero-order valence-corrected chi connectivity index (χ0v) is 11.7. The molecule has 2 rings (SSSR count). The average molecular weight is 269 g/mol. The summed E-state index contributed by atoms with van der Waals surface area (Å²) in [5, 5.41) is 13.8. The van der Waals surface area contributed by atoms with E-state index in [1.54, 1.807) is 0 Å². The Kier molecular flexibility index (Phi) is 4.76. The van der Waals surface area contributed by atoms with E-state index in [2.05, 4.69) is 10.00 Å². The summed E-state index contributed by atoms with van der Waals surface area (Å²) in [7, 11) is 0. The Morgan fingerprint density at radius 1 is 1.47 bits per heavy atom. The summed E-state index contributed by atoms with van der Waals surface area (Å²) >= 11 is 0. The molecule has 1 aliphatic heterocycles. The highest BCUT2D eigenvalue weighted by Gasteiger charge is 2.23. The van der Waals surface area contributed by atoms with Gasteiger partial charge in [0.1, 0.15) is 6.67 Å². The number of hydrogen-bond donors (Lipinski definition) is 1. The van der Waals surface area contributed by atoms with Gasteiger partial charge in [0.05, 0.1) is 6.10 Å². The molecular formula is C13H23N3O3. The lowest BCUT2D eigenvalue weighted by molar-refractivity contribution is 0.0584. The van der Waals surface area contributed by atoms with Crippen LogP contribution in [0.1, 0.15) is 39.0 Å². The molecule has 2 heterocycles. The van der Waals surface area contributed by atoms with Crippen molar-refractivity contribution in [3.8, 4) is 0 Å². The highest BCUT2D eigenvalue weighted by atomic mass is 16.4. The zero-order chi connectivity index (χ0) is 13.8. The molecule has 0 aliphatic carbocycles. The van der Waals surface area contributed by atoms with Gasteiger partial charge in [0.25, 0.3) is 0 Å². The van der Waals surface area contributed by atoms with Crippen LogP contribution in [0.5, 0.6) is 0 Å². The van der Waals surface area contributed by atoms with E-state index in [1.807, 2.05) is 13.8 Å². The number of hydrogen-bond acceptors (Lipinski definition) is 5. The summed E-state index contributed by atoms with van der Waals surface area (Å²) in [6.45, 7) is 6.13. The van der Waals surface area contributed by atoms with Crippen LogP contribution in [0.15, 0.2) is 9.21 Å². The Labute approximate surface area is 113 Å². The predicted molar refractivity (Wildman–Crippen MR) is 70.7 cm³/mol. The number of aliphatic hydroxyl groups excluding tert-OH is 1. The Balaban J connectivity index is 1.90. The van der Waals surface area contributed by atoms with Crippen molar-refractivity contribution in [2.45, 2.75) is 52.3 Å². The van der Waals surface area contributed by atoms with Crippen LogP contribution in [-0.2, 0) is 13.1 Å². The van der Waals surface area contributed by atoms with Crippen molar-refractivity contribution in [3.63, 3.8) is 0 Å². The van der Waals surface area contributed by atoms with Gasteiger partial charge >= 0.3 is 5.76 Å². The molecule has 0 radical (unpaired) electrons. The van der Waals surface area contributed by atoms with E-state index in [9.17, 15) is 9.90 Å². The van der Waals surface area contributed by atoms with Crippen molar-refractivity contribution in [1.82, 2.24) is 14.7 Å². The number of nitrogens with zero attached hydrogens (tertiary/aromatic N) is 3. The van der Waals surface area contributed by atoms with Crippen molar-refractivity contribution in [2.24, 2.45) is 5.92 Å². The van der Waals surface area contributed by atoms with Crippen LogP contribution in [0.3, 0.4) is 0 Å². The molecule has 0 bridgehead atoms. The average Bonchev–Trinajstić information content (AvgIpc) is 2.71. The summed E-state index contributed by atoms with van der Waals surface area (Å²) in [4.78, 5) is 13.8. The van der Waals surface area contributed by atoms with Gasteiger partial charge in [-0.05, 0) is 32.1 Å². The van der Waals surface area contributed by atoms with E-state index in [0.717, 1.165) is 32.4 Å². The number of rotatable bonds is 5. The van der Waals surface area contributed by atoms with Gasteiger partial charge in [0.15, 0.2) is 0 Å². The summed E-state index contributed by atoms with van der Waals surface area (Å²) in [6.07, 6.45) is 3.30. The second-order valence-electron chi connectivity index (χ2n) is 5.35. The highest BCUT2D eigenvalue weighted by Crippen LogP contribution is 2.20. The molecule has 1 N–H and O–H groups in total. The van der Waals surface area contributed by atoms with Gasteiger partial charge in [-0.2, -0.15) is 4.68 Å². The zero-order valence-electron chi connectivity index (χ0n) is 11.7. The van der Waals surface area contributed by atoms with Crippen molar-refractivity contribution >= 4 is 0 Å². The molecule has 6 nitrogen and oxygen atoms in total. The number of piperidine rings is 1. The fourth-order valence-electron chi connectivity index (χ4n) is 2.52. The SMILES string of the molecule is CCCc1nn(CN2CCC(C(C)O)CC2)c(=O)o1. The summed E-state index contributed by atoms with van der Waals surface area (Å²) < 4.78 is 6.48. The fourth-order valence-corrected chi connectivity index (χ4v) is 2.52. The number of aliphatic hydroxyl groups is 1. The monoisotopic (exact) mass is 269 g/mol. The Bertz CT molecular complexity index is 444. The molecule has 108 valence electrons. The molecular weight excluding hydrogens is 246 g/mol. The molecule has 1 atom stereocenters. The first-order valence-electron chi connectivity index (χ1n) is 7.07. The van der Waals surface area contributed by atoms with Crippen LogP contribution < -0.4 is 5.76 Å². The smallest absolute Gasteiger partial charge is 0.393 e. The summed E-state index contributed by atoms with van der Waals surface area (Å²) in [6, 6.07) is 0. The minimum absolute atomic E-state index is 0.243. The third-order valence-corrected chi connectivity index (χ3v) is 3.76. The van der Waals surface area contributed by atoms with Gasteiger partial charge < -0.3 is 9.52 Å². The van der Waals surface area contributed by atoms with Gasteiger partial charge in [-0.1, -0.05) is 6.92 Å². The van der Waals surface area contributed by atoms with Crippen molar-refractivity contribution in [1.29, 1.82) is 0 Å². The minimum Gasteiger partial charge on any atom is -0.393 e. The van der Waals surface area contributed by atoms with E-state index in [-0.39, 0.29) is 11.9 Å². The summed E-state index contributed by atoms with van der Waals surface area (Å²) in [5.41, 5.74) is 0. The van der Waals surface area contributed by atoms with Gasteiger partial charge in [0.2, 0.25) is 5.89 Å². The molecule has 6 heteroatoms. The lowest BCUT2D eigenvalue weighted by atomic mass is 9.92. The minimum atomic E-state index is -0.374. The second-order valence-corrected chi connectivity index (χ2v) is 5.35. The maximum absolute atomic E-state index is 11.6. The van der Waals surface area contributed by atoms with Crippen molar-refractivity contribution < 1.29 is 9.52 Å². The molecule has 0 saturated carbocycles. The van der Waals surface area contributed by atoms with Crippen molar-refractivity contribution in [3.05, 3.63) is 16.4 Å². The number of likely N-dealkylation sites (tertiary alicyclic amines) is 1. The number of aryl methyl sites for hydroxylation is 1. The molecule has 1 saturated heterocycles. The van der Waals surface area contributed by atoms with Crippen LogP contribution in [0.4, 0.5) is 0 Å². The maximum atomic E-state index is 11.6. The second kappa shape index (κ2) is 6.34. The first-order chi connectivity index (χ1) is 9.10. The third kappa shape index (κ3) is 3.67. The van der Waals surface area contributed by atoms with Crippen LogP contribution >= 0.6 is 0 Å². The molecule has 1 unspecified atom stereocenters. The number of aromatic nitrogens is 2. The van der Waals surface area contributed by atoms with Crippen LogP contribution in [0, 0.1) is 5.92 Å². The van der Waals surface area contributed by atoms with E-state index >= 15 is 0 Å². The Hall–Kier alpha value is -1.14. The van der Waals surface area contributed by atoms with E-state index in [1.165, 1.54) is 4.68 Å². The van der Waals surface area contributed by atoms with Gasteiger partial charge in [0, 0.05) is 19.5 Å². The fraction of sp³-hybridized carbons (Fsp3) is 0.846. The first-order valence-corrected chi connectivity index (χ1v) is 7.07. The molecule has 19 heavy (non-hydrogen) atoms. The summed E-state index contributed by atoms with van der Waals surface area (Å²) in [5.74, 6) is 0.522. The topological polar surface area (TPSA) is 71.5 Å². The van der Waals surface area contributed by atoms with Crippen molar-refractivity contribution in [2.75, 3.05) is 13.1 Å². The Morgan fingerprint density at radius 3 is 2.74 bits per heavy atom. The van der Waals surface area contributed by atoms with Gasteiger partial charge in [-0.25, -0.2) is 4.79 Å². The maximum Gasteiger partial charge on any atom is 0.438 e. The Morgan fingerprint density at radius 2 is 2.16 bits per heavy atom. The molecule has 1 aromatic rings. The van der Waals surface area contributed by atoms with E-state index in [4.69, 9.17) is 4.42 Å². The lowest BCUT2D eigenvalue weighted by Gasteiger charge is -2.32. The lowest BCUT2D eigenvalue weighted by Crippen LogP contribution is -2.39. The third-order valence-electron chi connectivity index (χ3n) is 3.76. The van der Waals surface area contributed by atoms with Crippen LogP contribution in [-0.4, -0.2) is 39.0 Å². The van der Waals surface area contributed by atoms with Gasteiger partial charge in [-0.15, -0.1) is 5.10 Å². The quantitative estimate of drug-likeness (QED) is 0.857. The van der Waals surface area contributed by atoms with Crippen LogP contribution in [0.25, 0.3) is 0 Å². The predicted octanol–water partition coefficient (Wildman–Crippen LogP) is 0.839. The normalized spacial score (nSPS) is 19.7. The van der Waals surface area contributed by atoms with Gasteiger partial charge in [-0.3, -0.25) is 4.90 Å². The van der Waals surface area contributed by atoms with E-state index < -0.39 is 0 Å². The first kappa shape index (κ1) is 14.3. The van der Waals surface area contributed by atoms with Crippen LogP contribution in [0.2, 0.25) is 0 Å². The molecule has 1 fully saturated rings. The molecule has 0 spiro atoms. The standard InChI is InChI=1S/C13H23N3O3/c1-3-4-12-14-16(13(18)19-12)9-15-7-5-11(6-8-15)10(2)17/h10-11,17H,3-9H2,1-2H3. The molecule has 1 aromatic heterocycles. The molecule has 0 amide bonds. The molecule has 1 aliphatic rings. The molecule has 0 aromatic carbocycles. The highest BCUT2D eigenvalue weighted by molar-refractivity contribution is 4.77.